The summed E-state index contributed by atoms with van der Waals surface area (Å²) >= 11 is 11.4. The van der Waals surface area contributed by atoms with Crippen molar-refractivity contribution in [2.24, 2.45) is 0 Å². The van der Waals surface area contributed by atoms with Crippen molar-refractivity contribution >= 4 is 46.4 Å². The molecule has 0 saturated heterocycles. The number of carboxylic acid groups (broad SMARTS) is 1. The number of carboxylic acids is 1. The second-order valence-electron chi connectivity index (χ2n) is 5.00. The van der Waals surface area contributed by atoms with Gasteiger partial charge in [0.15, 0.2) is 0 Å². The Morgan fingerprint density at radius 3 is 2.04 bits per heavy atom. The maximum Gasteiger partial charge on any atom is 0.326 e. The number of halogens is 2. The molecule has 0 amide bonds. The molecule has 2 aromatic rings. The van der Waals surface area contributed by atoms with Crippen molar-refractivity contribution in [1.29, 1.82) is 0 Å². The summed E-state index contributed by atoms with van der Waals surface area (Å²) in [4.78, 5) is 12.7. The van der Waals surface area contributed by atoms with Gasteiger partial charge in [0.05, 0.1) is 0 Å². The number of rotatable bonds is 6. The van der Waals surface area contributed by atoms with Crippen molar-refractivity contribution < 1.29 is 9.90 Å². The summed E-state index contributed by atoms with van der Waals surface area (Å²) in [5.74, 6) is -0.833. The Balaban J connectivity index is 0.000000272. The molecule has 0 spiro atoms. The van der Waals surface area contributed by atoms with Crippen molar-refractivity contribution in [3.63, 3.8) is 0 Å². The molecular formula is C18H21Cl2NO2Si. The van der Waals surface area contributed by atoms with Gasteiger partial charge in [-0.25, -0.2) is 4.79 Å². The summed E-state index contributed by atoms with van der Waals surface area (Å²) < 4.78 is 0. The van der Waals surface area contributed by atoms with E-state index in [1.165, 1.54) is 0 Å². The number of hydrogen-bond donors (Lipinski definition) is 1. The number of benzene rings is 2. The van der Waals surface area contributed by atoms with Crippen LogP contribution in [0.1, 0.15) is 6.92 Å². The third-order valence-corrected chi connectivity index (χ3v) is 5.69. The summed E-state index contributed by atoms with van der Waals surface area (Å²) in [6.45, 7) is 5.82. The van der Waals surface area contributed by atoms with Crippen molar-refractivity contribution in [2.75, 3.05) is 11.4 Å². The molecule has 2 aromatic carbocycles. The van der Waals surface area contributed by atoms with E-state index in [1.54, 1.807) is 17.9 Å². The van der Waals surface area contributed by atoms with E-state index in [0.717, 1.165) is 10.9 Å². The van der Waals surface area contributed by atoms with Crippen LogP contribution in [0.15, 0.2) is 73.3 Å². The third kappa shape index (κ3) is 6.79. The Morgan fingerprint density at radius 1 is 1.17 bits per heavy atom. The van der Waals surface area contributed by atoms with Gasteiger partial charge in [-0.15, -0.1) is 28.7 Å². The van der Waals surface area contributed by atoms with Gasteiger partial charge in [-0.1, -0.05) is 54.6 Å². The van der Waals surface area contributed by atoms with Gasteiger partial charge in [0.1, 0.15) is 6.04 Å². The van der Waals surface area contributed by atoms with Crippen molar-refractivity contribution in [3.8, 4) is 0 Å². The first-order chi connectivity index (χ1) is 11.5. The Bertz CT molecular complexity index is 623. The fourth-order valence-corrected chi connectivity index (χ4v) is 3.36. The smallest absolute Gasteiger partial charge is 0.326 e. The van der Waals surface area contributed by atoms with E-state index in [4.69, 9.17) is 27.3 Å². The van der Waals surface area contributed by atoms with E-state index in [0.29, 0.717) is 6.54 Å². The maximum atomic E-state index is 10.9. The van der Waals surface area contributed by atoms with Crippen LogP contribution in [0.4, 0.5) is 5.69 Å². The topological polar surface area (TPSA) is 40.5 Å². The Hall–Kier alpha value is -1.75. The first-order valence-corrected chi connectivity index (χ1v) is 11.5. The number of carbonyl (C=O) groups is 1. The fourth-order valence-electron chi connectivity index (χ4n) is 1.98. The highest BCUT2D eigenvalue weighted by atomic mass is 35.7. The largest absolute Gasteiger partial charge is 0.480 e. The monoisotopic (exact) mass is 381 g/mol. The standard InChI is InChI=1S/C12H15NO2.C6H6Cl2Si/c1-3-9-13(10(2)12(14)15)11-7-5-4-6-8-11;7-9(8)6-4-2-1-3-5-6/h3-8,10H,1,9H2,2H3,(H,14,15);1-5,9H. The quantitative estimate of drug-likeness (QED) is 0.470. The SMILES string of the molecule is C=CCN(c1ccccc1)C(C)C(=O)O.Cl[SiH](Cl)c1ccccc1. The van der Waals surface area contributed by atoms with Gasteiger partial charge in [0.2, 0.25) is 0 Å². The molecule has 0 aliphatic heterocycles. The van der Waals surface area contributed by atoms with Crippen LogP contribution in [0.5, 0.6) is 0 Å². The highest BCUT2D eigenvalue weighted by Gasteiger charge is 2.19. The van der Waals surface area contributed by atoms with Crippen molar-refractivity contribution in [2.45, 2.75) is 13.0 Å². The summed E-state index contributed by atoms with van der Waals surface area (Å²) in [6.07, 6.45) is 1.70. The van der Waals surface area contributed by atoms with Gasteiger partial charge in [0.25, 0.3) is 7.42 Å². The average Bonchev–Trinajstić information content (AvgIpc) is 2.61. The van der Waals surface area contributed by atoms with Gasteiger partial charge >= 0.3 is 5.97 Å². The minimum Gasteiger partial charge on any atom is -0.480 e. The number of anilines is 1. The predicted octanol–water partition coefficient (Wildman–Crippen LogP) is 3.74. The van der Waals surface area contributed by atoms with Crippen LogP contribution in [0.25, 0.3) is 0 Å². The highest BCUT2D eigenvalue weighted by molar-refractivity contribution is 7.39. The van der Waals surface area contributed by atoms with E-state index in [2.05, 4.69) is 6.58 Å². The molecule has 0 bridgehead atoms. The molecule has 0 aliphatic carbocycles. The van der Waals surface area contributed by atoms with Crippen LogP contribution in [0.3, 0.4) is 0 Å². The summed E-state index contributed by atoms with van der Waals surface area (Å²) in [6, 6.07) is 18.7. The van der Waals surface area contributed by atoms with Crippen LogP contribution in [-0.2, 0) is 4.79 Å². The summed E-state index contributed by atoms with van der Waals surface area (Å²) in [5, 5.41) is 10.0. The van der Waals surface area contributed by atoms with E-state index < -0.39 is 19.4 Å². The maximum absolute atomic E-state index is 10.9. The van der Waals surface area contributed by atoms with Gasteiger partial charge in [-0.05, 0) is 24.2 Å². The molecule has 0 saturated carbocycles. The van der Waals surface area contributed by atoms with Crippen LogP contribution in [0, 0.1) is 0 Å². The summed E-state index contributed by atoms with van der Waals surface area (Å²) in [5.41, 5.74) is 0.896. The molecule has 24 heavy (non-hydrogen) atoms. The van der Waals surface area contributed by atoms with E-state index >= 15 is 0 Å². The molecule has 0 fully saturated rings. The molecule has 0 aliphatic rings. The molecule has 6 heteroatoms. The van der Waals surface area contributed by atoms with E-state index in [-0.39, 0.29) is 0 Å². The van der Waals surface area contributed by atoms with Crippen LogP contribution in [0.2, 0.25) is 0 Å². The molecule has 0 radical (unpaired) electrons. The number of aliphatic carboxylic acids is 1. The number of hydrogen-bond acceptors (Lipinski definition) is 2. The number of para-hydroxylation sites is 1. The second-order valence-corrected chi connectivity index (χ2v) is 9.56. The Kier molecular flexibility index (Phi) is 9.23. The van der Waals surface area contributed by atoms with Crippen molar-refractivity contribution in [1.82, 2.24) is 0 Å². The average molecular weight is 382 g/mol. The van der Waals surface area contributed by atoms with Gasteiger partial charge < -0.3 is 10.0 Å². The highest BCUT2D eigenvalue weighted by Crippen LogP contribution is 2.16. The van der Waals surface area contributed by atoms with Crippen LogP contribution >= 0.6 is 22.2 Å². The zero-order valence-corrected chi connectivity index (χ0v) is 16.1. The van der Waals surface area contributed by atoms with Crippen molar-refractivity contribution in [3.05, 3.63) is 73.3 Å². The molecule has 2 rings (SSSR count). The molecule has 128 valence electrons. The lowest BCUT2D eigenvalue weighted by Crippen LogP contribution is -2.39. The lowest BCUT2D eigenvalue weighted by molar-refractivity contribution is -0.138. The molecule has 3 nitrogen and oxygen atoms in total. The minimum atomic E-state index is -1.58. The second kappa shape index (κ2) is 10.9. The van der Waals surface area contributed by atoms with Gasteiger partial charge in [-0.3, -0.25) is 0 Å². The lowest BCUT2D eigenvalue weighted by Gasteiger charge is -2.27. The van der Waals surface area contributed by atoms with E-state index in [1.807, 2.05) is 60.7 Å². The normalized spacial score (nSPS) is 11.2. The van der Waals surface area contributed by atoms with Gasteiger partial charge in [0, 0.05) is 12.2 Å². The first kappa shape index (κ1) is 20.3. The fraction of sp³-hybridized carbons (Fsp3) is 0.167. The molecule has 0 aromatic heterocycles. The van der Waals surface area contributed by atoms with Crippen LogP contribution < -0.4 is 10.1 Å². The first-order valence-electron chi connectivity index (χ1n) is 7.45. The molecule has 1 atom stereocenters. The molecule has 0 heterocycles. The zero-order chi connectivity index (χ0) is 17.9. The molecule has 1 unspecified atom stereocenters. The van der Waals surface area contributed by atoms with Gasteiger partial charge in [-0.2, -0.15) is 0 Å². The van der Waals surface area contributed by atoms with Crippen LogP contribution in [-0.4, -0.2) is 31.1 Å². The molecular weight excluding hydrogens is 361 g/mol. The zero-order valence-electron chi connectivity index (χ0n) is 13.5. The Morgan fingerprint density at radius 2 is 1.67 bits per heavy atom. The lowest BCUT2D eigenvalue weighted by atomic mass is 10.2. The van der Waals surface area contributed by atoms with E-state index in [9.17, 15) is 4.79 Å². The third-order valence-electron chi connectivity index (χ3n) is 3.29. The Labute approximate surface area is 154 Å². The summed E-state index contributed by atoms with van der Waals surface area (Å²) in [7, 11) is -1.58. The molecule has 1 N–H and O–H groups in total. The predicted molar refractivity (Wildman–Crippen MR) is 106 cm³/mol. The minimum absolute atomic E-state index is 0.525. The number of nitrogens with zero attached hydrogens (tertiary/aromatic N) is 1.